The van der Waals surface area contributed by atoms with Gasteiger partial charge in [0.1, 0.15) is 5.75 Å². The molecule has 18 heavy (non-hydrogen) atoms. The van der Waals surface area contributed by atoms with Crippen molar-refractivity contribution in [2.75, 3.05) is 12.4 Å². The van der Waals surface area contributed by atoms with Crippen LogP contribution in [0.25, 0.3) is 0 Å². The number of hydrogen-bond donors (Lipinski definition) is 1. The molecule has 0 aliphatic carbocycles. The number of methoxy groups -OCH3 is 1. The van der Waals surface area contributed by atoms with Crippen molar-refractivity contribution < 1.29 is 9.53 Å². The van der Waals surface area contributed by atoms with Crippen LogP contribution in [-0.4, -0.2) is 22.8 Å². The van der Waals surface area contributed by atoms with Gasteiger partial charge in [-0.3, -0.25) is 9.48 Å². The van der Waals surface area contributed by atoms with Crippen LogP contribution in [0.15, 0.2) is 36.5 Å². The third kappa shape index (κ3) is 2.68. The van der Waals surface area contributed by atoms with E-state index in [0.717, 1.165) is 12.3 Å². The molecule has 0 saturated carbocycles. The Hall–Kier alpha value is -2.30. The molecular weight excluding hydrogens is 230 g/mol. The maximum absolute atomic E-state index is 11.9. The normalized spacial score (nSPS) is 10.1. The Kier molecular flexibility index (Phi) is 3.62. The average molecular weight is 245 g/mol. The van der Waals surface area contributed by atoms with Crippen LogP contribution >= 0.6 is 0 Å². The summed E-state index contributed by atoms with van der Waals surface area (Å²) < 4.78 is 6.76. The van der Waals surface area contributed by atoms with Gasteiger partial charge in [0.15, 0.2) is 5.69 Å². The van der Waals surface area contributed by atoms with Gasteiger partial charge in [0.05, 0.1) is 7.11 Å². The molecule has 1 N–H and O–H groups in total. The number of carbonyl (C=O) groups is 1. The van der Waals surface area contributed by atoms with E-state index in [1.54, 1.807) is 48.3 Å². The second kappa shape index (κ2) is 5.35. The van der Waals surface area contributed by atoms with E-state index in [1.165, 1.54) is 0 Å². The number of rotatable bonds is 4. The molecule has 0 atom stereocenters. The Balaban J connectivity index is 2.06. The van der Waals surface area contributed by atoms with Gasteiger partial charge in [-0.15, -0.1) is 0 Å². The number of amides is 1. The van der Waals surface area contributed by atoms with Gasteiger partial charge in [0.25, 0.3) is 5.91 Å². The standard InChI is InChI=1S/C13H15N3O2/c1-3-16-9-8-12(15-16)13(17)14-10-4-6-11(18-2)7-5-10/h4-9H,3H2,1-2H3,(H,14,17). The molecule has 5 heteroatoms. The summed E-state index contributed by atoms with van der Waals surface area (Å²) in [6, 6.07) is 8.85. The van der Waals surface area contributed by atoms with Crippen molar-refractivity contribution in [2.45, 2.75) is 13.5 Å². The lowest BCUT2D eigenvalue weighted by molar-refractivity contribution is 0.102. The van der Waals surface area contributed by atoms with Crippen molar-refractivity contribution in [2.24, 2.45) is 0 Å². The zero-order valence-corrected chi connectivity index (χ0v) is 10.4. The number of benzene rings is 1. The summed E-state index contributed by atoms with van der Waals surface area (Å²) in [5.74, 6) is 0.538. The maximum atomic E-state index is 11.9. The maximum Gasteiger partial charge on any atom is 0.276 e. The van der Waals surface area contributed by atoms with Gasteiger partial charge >= 0.3 is 0 Å². The summed E-state index contributed by atoms with van der Waals surface area (Å²) in [6.45, 7) is 2.72. The highest BCUT2D eigenvalue weighted by molar-refractivity contribution is 6.02. The van der Waals surface area contributed by atoms with E-state index in [9.17, 15) is 4.79 Å². The van der Waals surface area contributed by atoms with E-state index in [0.29, 0.717) is 11.4 Å². The van der Waals surface area contributed by atoms with Crippen LogP contribution < -0.4 is 10.1 Å². The van der Waals surface area contributed by atoms with Crippen molar-refractivity contribution >= 4 is 11.6 Å². The minimum atomic E-state index is -0.215. The fraction of sp³-hybridized carbons (Fsp3) is 0.231. The van der Waals surface area contributed by atoms with E-state index < -0.39 is 0 Å². The monoisotopic (exact) mass is 245 g/mol. The molecule has 1 aromatic heterocycles. The van der Waals surface area contributed by atoms with E-state index in [-0.39, 0.29) is 5.91 Å². The van der Waals surface area contributed by atoms with Crippen LogP contribution in [0.2, 0.25) is 0 Å². The fourth-order valence-electron chi connectivity index (χ4n) is 1.53. The molecular formula is C13H15N3O2. The minimum absolute atomic E-state index is 0.215. The third-order valence-corrected chi connectivity index (χ3v) is 2.55. The molecule has 0 radical (unpaired) electrons. The molecule has 0 aliphatic rings. The summed E-state index contributed by atoms with van der Waals surface area (Å²) in [5, 5.41) is 6.92. The predicted molar refractivity (Wildman–Crippen MR) is 68.8 cm³/mol. The Morgan fingerprint density at radius 2 is 2.06 bits per heavy atom. The van der Waals surface area contributed by atoms with Crippen molar-refractivity contribution in [1.82, 2.24) is 9.78 Å². The van der Waals surface area contributed by atoms with Gasteiger partial charge in [0.2, 0.25) is 0 Å². The topological polar surface area (TPSA) is 56.2 Å². The van der Waals surface area contributed by atoms with Crippen LogP contribution in [0, 0.1) is 0 Å². The van der Waals surface area contributed by atoms with Crippen molar-refractivity contribution in [3.8, 4) is 5.75 Å². The number of carbonyl (C=O) groups excluding carboxylic acids is 1. The Morgan fingerprint density at radius 1 is 1.33 bits per heavy atom. The van der Waals surface area contributed by atoms with Crippen LogP contribution in [0.4, 0.5) is 5.69 Å². The summed E-state index contributed by atoms with van der Waals surface area (Å²) in [7, 11) is 1.60. The Morgan fingerprint density at radius 3 is 2.61 bits per heavy atom. The van der Waals surface area contributed by atoms with E-state index in [1.807, 2.05) is 6.92 Å². The number of nitrogens with zero attached hydrogens (tertiary/aromatic N) is 2. The second-order valence-electron chi connectivity index (χ2n) is 3.74. The van der Waals surface area contributed by atoms with Gasteiger partial charge in [-0.2, -0.15) is 5.10 Å². The molecule has 2 aromatic rings. The van der Waals surface area contributed by atoms with Gasteiger partial charge in [-0.1, -0.05) is 0 Å². The van der Waals surface area contributed by atoms with E-state index in [4.69, 9.17) is 4.74 Å². The number of anilines is 1. The molecule has 0 unspecified atom stereocenters. The number of aromatic nitrogens is 2. The molecule has 1 heterocycles. The quantitative estimate of drug-likeness (QED) is 0.898. The first-order valence-corrected chi connectivity index (χ1v) is 5.72. The molecule has 0 saturated heterocycles. The Labute approximate surface area is 105 Å². The van der Waals surface area contributed by atoms with Gasteiger partial charge < -0.3 is 10.1 Å². The summed E-state index contributed by atoms with van der Waals surface area (Å²) in [6.07, 6.45) is 1.78. The molecule has 5 nitrogen and oxygen atoms in total. The molecule has 1 amide bonds. The highest BCUT2D eigenvalue weighted by Gasteiger charge is 2.09. The van der Waals surface area contributed by atoms with Crippen LogP contribution in [-0.2, 0) is 6.54 Å². The van der Waals surface area contributed by atoms with Crippen molar-refractivity contribution in [1.29, 1.82) is 0 Å². The second-order valence-corrected chi connectivity index (χ2v) is 3.74. The fourth-order valence-corrected chi connectivity index (χ4v) is 1.53. The first-order chi connectivity index (χ1) is 8.72. The average Bonchev–Trinajstić information content (AvgIpc) is 2.88. The molecule has 0 fully saturated rings. The lowest BCUT2D eigenvalue weighted by Crippen LogP contribution is -2.13. The van der Waals surface area contributed by atoms with Crippen molar-refractivity contribution in [3.05, 3.63) is 42.2 Å². The molecule has 2 rings (SSSR count). The van der Waals surface area contributed by atoms with Gasteiger partial charge in [-0.05, 0) is 37.3 Å². The van der Waals surface area contributed by atoms with Crippen molar-refractivity contribution in [3.63, 3.8) is 0 Å². The molecule has 0 aliphatic heterocycles. The molecule has 1 aromatic carbocycles. The number of aryl methyl sites for hydroxylation is 1. The zero-order valence-electron chi connectivity index (χ0n) is 10.4. The highest BCUT2D eigenvalue weighted by Crippen LogP contribution is 2.15. The van der Waals surface area contributed by atoms with Gasteiger partial charge in [-0.25, -0.2) is 0 Å². The number of hydrogen-bond acceptors (Lipinski definition) is 3. The molecule has 94 valence electrons. The van der Waals surface area contributed by atoms with Crippen LogP contribution in [0.3, 0.4) is 0 Å². The third-order valence-electron chi connectivity index (χ3n) is 2.55. The first kappa shape index (κ1) is 12.2. The Bertz CT molecular complexity index is 531. The lowest BCUT2D eigenvalue weighted by Gasteiger charge is -2.04. The zero-order chi connectivity index (χ0) is 13.0. The van der Waals surface area contributed by atoms with Gasteiger partial charge in [0, 0.05) is 18.4 Å². The number of ether oxygens (including phenoxy) is 1. The molecule has 0 spiro atoms. The number of nitrogens with one attached hydrogen (secondary N) is 1. The predicted octanol–water partition coefficient (Wildman–Crippen LogP) is 2.16. The SMILES string of the molecule is CCn1ccc(C(=O)Nc2ccc(OC)cc2)n1. The highest BCUT2D eigenvalue weighted by atomic mass is 16.5. The van der Waals surface area contributed by atoms with E-state index >= 15 is 0 Å². The first-order valence-electron chi connectivity index (χ1n) is 5.72. The minimum Gasteiger partial charge on any atom is -0.497 e. The lowest BCUT2D eigenvalue weighted by atomic mass is 10.3. The smallest absolute Gasteiger partial charge is 0.276 e. The van der Waals surface area contributed by atoms with Crippen LogP contribution in [0.5, 0.6) is 5.75 Å². The van der Waals surface area contributed by atoms with Crippen LogP contribution in [0.1, 0.15) is 17.4 Å². The summed E-state index contributed by atoms with van der Waals surface area (Å²) in [5.41, 5.74) is 1.12. The summed E-state index contributed by atoms with van der Waals surface area (Å²) >= 11 is 0. The molecule has 0 bridgehead atoms. The summed E-state index contributed by atoms with van der Waals surface area (Å²) in [4.78, 5) is 11.9. The van der Waals surface area contributed by atoms with E-state index in [2.05, 4.69) is 10.4 Å². The largest absolute Gasteiger partial charge is 0.497 e.